The monoisotopic (exact) mass is 148 g/mol. The molecule has 0 aliphatic heterocycles. The lowest BCUT2D eigenvalue weighted by Gasteiger charge is -1.94. The molecule has 2 N–H and O–H groups in total. The lowest BCUT2D eigenvalue weighted by molar-refractivity contribution is 0.918. The Bertz CT molecular complexity index is 390. The van der Waals surface area contributed by atoms with Crippen LogP contribution in [0, 0.1) is 0 Å². The van der Waals surface area contributed by atoms with Crippen LogP contribution in [-0.4, -0.2) is 14.8 Å². The second-order valence-corrected chi connectivity index (χ2v) is 2.46. The summed E-state index contributed by atoms with van der Waals surface area (Å²) in [5.41, 5.74) is 7.15. The molecule has 0 amide bonds. The Labute approximate surface area is 63.6 Å². The summed E-state index contributed by atoms with van der Waals surface area (Å²) >= 11 is 0. The van der Waals surface area contributed by atoms with E-state index in [0.717, 1.165) is 11.0 Å². The summed E-state index contributed by atoms with van der Waals surface area (Å²) in [7, 11) is 1.91. The fraction of sp³-hybridized carbons (Fsp3) is 0.143. The van der Waals surface area contributed by atoms with Gasteiger partial charge in [0, 0.05) is 18.6 Å². The highest BCUT2D eigenvalue weighted by Gasteiger charge is 2.01. The van der Waals surface area contributed by atoms with E-state index in [-0.39, 0.29) is 0 Å². The molecule has 4 nitrogen and oxygen atoms in total. The lowest BCUT2D eigenvalue weighted by Crippen LogP contribution is -1.93. The van der Waals surface area contributed by atoms with Gasteiger partial charge in [-0.3, -0.25) is 0 Å². The summed E-state index contributed by atoms with van der Waals surface area (Å²) in [5, 5.41) is 8.64. The average Bonchev–Trinajstić information content (AvgIpc) is 2.35. The Hall–Kier alpha value is -1.58. The number of hydrogen-bond acceptors (Lipinski definition) is 3. The van der Waals surface area contributed by atoms with E-state index in [1.807, 2.05) is 23.9 Å². The first-order valence-corrected chi connectivity index (χ1v) is 3.31. The molecule has 0 saturated heterocycles. The zero-order valence-corrected chi connectivity index (χ0v) is 6.15. The van der Waals surface area contributed by atoms with E-state index in [1.165, 1.54) is 0 Å². The normalized spacial score (nSPS) is 10.6. The summed E-state index contributed by atoms with van der Waals surface area (Å²) in [6.45, 7) is 0. The van der Waals surface area contributed by atoms with E-state index in [1.54, 1.807) is 6.20 Å². The van der Waals surface area contributed by atoms with Crippen LogP contribution in [0.25, 0.3) is 11.0 Å². The van der Waals surface area contributed by atoms with Gasteiger partial charge < -0.3 is 10.3 Å². The highest BCUT2D eigenvalue weighted by atomic mass is 15.2. The van der Waals surface area contributed by atoms with Crippen molar-refractivity contribution in [3.63, 3.8) is 0 Å². The van der Waals surface area contributed by atoms with Crippen molar-refractivity contribution in [2.75, 3.05) is 5.73 Å². The van der Waals surface area contributed by atoms with Gasteiger partial charge in [0.2, 0.25) is 0 Å². The number of fused-ring (bicyclic) bond motifs is 1. The van der Waals surface area contributed by atoms with Crippen LogP contribution in [0.4, 0.5) is 5.69 Å². The number of aryl methyl sites for hydroxylation is 1. The summed E-state index contributed by atoms with van der Waals surface area (Å²) in [6, 6.07) is 1.93. The zero-order chi connectivity index (χ0) is 7.84. The van der Waals surface area contributed by atoms with E-state index in [0.29, 0.717) is 5.69 Å². The van der Waals surface area contributed by atoms with Gasteiger partial charge in [-0.25, -0.2) is 0 Å². The largest absolute Gasteiger partial charge is 0.397 e. The summed E-state index contributed by atoms with van der Waals surface area (Å²) in [6.07, 6.45) is 3.47. The first kappa shape index (κ1) is 6.15. The molecule has 2 heterocycles. The standard InChI is InChI=1S/C7H8N4/c1-11-3-2-5-6(8)4-9-10-7(5)11/h2-4H,1H3,(H2,8,10). The molecular weight excluding hydrogens is 140 g/mol. The fourth-order valence-corrected chi connectivity index (χ4v) is 1.09. The van der Waals surface area contributed by atoms with Gasteiger partial charge in [0.15, 0.2) is 5.65 Å². The van der Waals surface area contributed by atoms with Crippen LogP contribution in [0.5, 0.6) is 0 Å². The van der Waals surface area contributed by atoms with Gasteiger partial charge >= 0.3 is 0 Å². The first-order valence-electron chi connectivity index (χ1n) is 3.31. The molecule has 0 unspecified atom stereocenters. The topological polar surface area (TPSA) is 56.7 Å². The Morgan fingerprint density at radius 1 is 1.55 bits per heavy atom. The van der Waals surface area contributed by atoms with Gasteiger partial charge in [-0.1, -0.05) is 0 Å². The second-order valence-electron chi connectivity index (χ2n) is 2.46. The van der Waals surface area contributed by atoms with Crippen LogP contribution in [0.1, 0.15) is 0 Å². The number of nitrogen functional groups attached to an aromatic ring is 1. The smallest absolute Gasteiger partial charge is 0.164 e. The van der Waals surface area contributed by atoms with Gasteiger partial charge in [0.25, 0.3) is 0 Å². The molecule has 2 aromatic rings. The highest BCUT2D eigenvalue weighted by Crippen LogP contribution is 2.16. The lowest BCUT2D eigenvalue weighted by atomic mass is 10.3. The Morgan fingerprint density at radius 3 is 3.09 bits per heavy atom. The minimum Gasteiger partial charge on any atom is -0.397 e. The second kappa shape index (κ2) is 1.95. The van der Waals surface area contributed by atoms with Gasteiger partial charge in [0.1, 0.15) is 0 Å². The number of nitrogens with zero attached hydrogens (tertiary/aromatic N) is 3. The van der Waals surface area contributed by atoms with E-state index < -0.39 is 0 Å². The average molecular weight is 148 g/mol. The molecule has 0 fully saturated rings. The van der Waals surface area contributed by atoms with Gasteiger partial charge in [0.05, 0.1) is 11.9 Å². The quantitative estimate of drug-likeness (QED) is 0.593. The minimum absolute atomic E-state index is 0.676. The molecule has 4 heteroatoms. The Morgan fingerprint density at radius 2 is 2.36 bits per heavy atom. The molecular formula is C7H8N4. The van der Waals surface area contributed by atoms with E-state index in [2.05, 4.69) is 10.2 Å². The van der Waals surface area contributed by atoms with Gasteiger partial charge in [-0.2, -0.15) is 5.10 Å². The van der Waals surface area contributed by atoms with Crippen molar-refractivity contribution in [2.24, 2.45) is 7.05 Å². The third kappa shape index (κ3) is 0.756. The SMILES string of the molecule is Cn1ccc2c(N)cnnc21. The number of hydrogen-bond donors (Lipinski definition) is 1. The first-order chi connectivity index (χ1) is 5.29. The summed E-state index contributed by atoms with van der Waals surface area (Å²) < 4.78 is 1.89. The molecule has 0 radical (unpaired) electrons. The molecule has 0 saturated carbocycles. The van der Waals surface area contributed by atoms with Gasteiger partial charge in [-0.05, 0) is 6.07 Å². The van der Waals surface area contributed by atoms with Crippen LogP contribution in [0.2, 0.25) is 0 Å². The highest BCUT2D eigenvalue weighted by molar-refractivity contribution is 5.87. The number of anilines is 1. The van der Waals surface area contributed by atoms with Crippen LogP contribution in [-0.2, 0) is 7.05 Å². The van der Waals surface area contributed by atoms with Crippen LogP contribution in [0.15, 0.2) is 18.5 Å². The molecule has 0 spiro atoms. The number of aromatic nitrogens is 3. The zero-order valence-electron chi connectivity index (χ0n) is 6.15. The minimum atomic E-state index is 0.676. The maximum atomic E-state index is 5.65. The van der Waals surface area contributed by atoms with E-state index >= 15 is 0 Å². The predicted molar refractivity (Wildman–Crippen MR) is 42.9 cm³/mol. The molecule has 11 heavy (non-hydrogen) atoms. The van der Waals surface area contributed by atoms with Crippen molar-refractivity contribution < 1.29 is 0 Å². The number of rotatable bonds is 0. The molecule has 0 aliphatic carbocycles. The summed E-state index contributed by atoms with van der Waals surface area (Å²) in [4.78, 5) is 0. The Kier molecular flexibility index (Phi) is 1.09. The molecule has 0 aromatic carbocycles. The predicted octanol–water partition coefficient (Wildman–Crippen LogP) is 0.550. The molecule has 56 valence electrons. The van der Waals surface area contributed by atoms with Crippen molar-refractivity contribution in [3.8, 4) is 0 Å². The van der Waals surface area contributed by atoms with Crippen molar-refractivity contribution in [1.82, 2.24) is 14.8 Å². The summed E-state index contributed by atoms with van der Waals surface area (Å²) in [5.74, 6) is 0. The van der Waals surface area contributed by atoms with Crippen molar-refractivity contribution >= 4 is 16.7 Å². The number of nitrogens with two attached hydrogens (primary N) is 1. The third-order valence-electron chi connectivity index (χ3n) is 1.70. The van der Waals surface area contributed by atoms with Crippen LogP contribution >= 0.6 is 0 Å². The van der Waals surface area contributed by atoms with Crippen molar-refractivity contribution in [2.45, 2.75) is 0 Å². The fourth-order valence-electron chi connectivity index (χ4n) is 1.09. The van der Waals surface area contributed by atoms with Crippen molar-refractivity contribution in [1.29, 1.82) is 0 Å². The Balaban J connectivity index is 2.94. The molecule has 2 rings (SSSR count). The maximum absolute atomic E-state index is 5.65. The molecule has 0 atom stereocenters. The van der Waals surface area contributed by atoms with Crippen LogP contribution in [0.3, 0.4) is 0 Å². The van der Waals surface area contributed by atoms with Crippen LogP contribution < -0.4 is 5.73 Å². The third-order valence-corrected chi connectivity index (χ3v) is 1.70. The molecule has 0 bridgehead atoms. The molecule has 0 aliphatic rings. The van der Waals surface area contributed by atoms with Gasteiger partial charge in [-0.15, -0.1) is 5.10 Å². The van der Waals surface area contributed by atoms with E-state index in [4.69, 9.17) is 5.73 Å². The van der Waals surface area contributed by atoms with Crippen molar-refractivity contribution in [3.05, 3.63) is 18.5 Å². The maximum Gasteiger partial charge on any atom is 0.164 e. The van der Waals surface area contributed by atoms with E-state index in [9.17, 15) is 0 Å². The molecule has 2 aromatic heterocycles.